The Hall–Kier alpha value is -0.740. The Morgan fingerprint density at radius 2 is 1.92 bits per heavy atom. The van der Waals surface area contributed by atoms with E-state index in [0.717, 1.165) is 0 Å². The number of aromatic nitrogens is 2. The second kappa shape index (κ2) is 4.48. The lowest BCUT2D eigenvalue weighted by Gasteiger charge is -2.08. The molecule has 1 aromatic heterocycles. The fourth-order valence-electron chi connectivity index (χ4n) is 0.152. The van der Waals surface area contributed by atoms with E-state index in [-0.39, 0.29) is 0 Å². The van der Waals surface area contributed by atoms with Gasteiger partial charge in [0.2, 0.25) is 5.51 Å². The predicted octanol–water partition coefficient (Wildman–Crippen LogP) is 0.00860. The van der Waals surface area contributed by atoms with Crippen LogP contribution in [0.5, 0.6) is 0 Å². The zero-order valence-electron chi connectivity index (χ0n) is 5.78. The van der Waals surface area contributed by atoms with Gasteiger partial charge in [-0.15, -0.1) is 0 Å². The fraction of sp³-hybridized carbons (Fsp3) is 0.333. The second-order valence-corrected chi connectivity index (χ2v) is 3.61. The third kappa shape index (κ3) is 5.49. The molecule has 0 aliphatic carbocycles. The third-order valence-electron chi connectivity index (χ3n) is 0.592. The minimum Gasteiger partial charge on any atom is -0.741 e. The Bertz CT molecular complexity index is 301. The zero-order chi connectivity index (χ0) is 10.5. The van der Waals surface area contributed by atoms with Crippen molar-refractivity contribution in [1.29, 1.82) is 0 Å². The lowest BCUT2D eigenvalue weighted by molar-refractivity contribution is -0.447. The molecule has 0 bridgehead atoms. The third-order valence-corrected chi connectivity index (χ3v) is 1.63. The highest BCUT2D eigenvalue weighted by atomic mass is 32.2. The molecular formula is C3H3F3N2O3S2. The van der Waals surface area contributed by atoms with Crippen LogP contribution in [0.4, 0.5) is 13.2 Å². The minimum absolute atomic E-state index is 1.55. The van der Waals surface area contributed by atoms with Crippen LogP contribution in [0.1, 0.15) is 0 Å². The normalized spacial score (nSPS) is 11.7. The minimum atomic E-state index is -6.09. The van der Waals surface area contributed by atoms with E-state index in [9.17, 15) is 13.2 Å². The topological polar surface area (TPSA) is 84.2 Å². The lowest BCUT2D eigenvalue weighted by atomic mass is 11.6. The van der Waals surface area contributed by atoms with Crippen LogP contribution in [0.3, 0.4) is 0 Å². The van der Waals surface area contributed by atoms with Gasteiger partial charge in [0.25, 0.3) is 0 Å². The van der Waals surface area contributed by atoms with Crippen LogP contribution < -0.4 is 5.10 Å². The molecule has 0 aliphatic heterocycles. The molecule has 0 saturated carbocycles. The van der Waals surface area contributed by atoms with Crippen LogP contribution >= 0.6 is 11.3 Å². The first-order chi connectivity index (χ1) is 5.75. The van der Waals surface area contributed by atoms with Gasteiger partial charge in [-0.05, 0) is 0 Å². The van der Waals surface area contributed by atoms with Gasteiger partial charge in [0.15, 0.2) is 15.6 Å². The van der Waals surface area contributed by atoms with Crippen molar-refractivity contribution in [2.45, 2.75) is 5.51 Å². The van der Waals surface area contributed by atoms with Crippen molar-refractivity contribution < 1.29 is 31.2 Å². The Kier molecular flexibility index (Phi) is 4.23. The quantitative estimate of drug-likeness (QED) is 0.469. The number of alkyl halides is 3. The van der Waals surface area contributed by atoms with Gasteiger partial charge in [-0.3, -0.25) is 0 Å². The van der Waals surface area contributed by atoms with Crippen LogP contribution in [-0.4, -0.2) is 23.6 Å². The highest BCUT2D eigenvalue weighted by Gasteiger charge is 2.36. The number of halogens is 3. The number of nitrogens with one attached hydrogen (secondary N) is 1. The summed E-state index contributed by atoms with van der Waals surface area (Å²) in [6.45, 7) is 0. The maximum Gasteiger partial charge on any atom is 0.485 e. The fourth-order valence-corrected chi connectivity index (χ4v) is 0.456. The molecule has 1 aromatic rings. The van der Waals surface area contributed by atoms with E-state index in [1.54, 1.807) is 22.4 Å². The summed E-state index contributed by atoms with van der Waals surface area (Å²) >= 11 is 1.55. The van der Waals surface area contributed by atoms with Gasteiger partial charge in [-0.1, -0.05) is 16.4 Å². The van der Waals surface area contributed by atoms with Crippen molar-refractivity contribution in [3.8, 4) is 0 Å². The molecule has 0 unspecified atom stereocenters. The molecular weight excluding hydrogens is 233 g/mol. The summed E-state index contributed by atoms with van der Waals surface area (Å²) in [5, 5.41) is 6.25. The number of hydrogen-bond acceptors (Lipinski definition) is 5. The van der Waals surface area contributed by atoms with Crippen molar-refractivity contribution in [1.82, 2.24) is 5.10 Å². The average Bonchev–Trinajstić information content (AvgIpc) is 2.35. The molecule has 0 radical (unpaired) electrons. The van der Waals surface area contributed by atoms with E-state index in [4.69, 9.17) is 13.0 Å². The molecule has 0 spiro atoms. The van der Waals surface area contributed by atoms with Gasteiger partial charge in [-0.25, -0.2) is 8.42 Å². The average molecular weight is 236 g/mol. The van der Waals surface area contributed by atoms with Crippen LogP contribution in [0.15, 0.2) is 11.0 Å². The van der Waals surface area contributed by atoms with Crippen molar-refractivity contribution >= 4 is 21.5 Å². The summed E-state index contributed by atoms with van der Waals surface area (Å²) in [4.78, 5) is 0. The smallest absolute Gasteiger partial charge is 0.485 e. The molecule has 5 nitrogen and oxygen atoms in total. The molecule has 1 heterocycles. The standard InChI is InChI=1S/C2H2N2S.CHF3O3S/c1-3-4-2-5-1;2-1(3,4)8(5,6)7/h1-2H;(H,5,6,7). The van der Waals surface area contributed by atoms with Crippen molar-refractivity contribution in [3.05, 3.63) is 11.0 Å². The second-order valence-electron chi connectivity index (χ2n) is 1.52. The number of aromatic amines is 1. The first-order valence-corrected chi connectivity index (χ1v) is 4.86. The lowest BCUT2D eigenvalue weighted by Crippen LogP contribution is -2.21. The molecule has 10 heteroatoms. The monoisotopic (exact) mass is 236 g/mol. The maximum atomic E-state index is 10.7. The molecule has 0 aromatic carbocycles. The van der Waals surface area contributed by atoms with Gasteiger partial charge >= 0.3 is 5.51 Å². The van der Waals surface area contributed by atoms with Crippen LogP contribution in [0.25, 0.3) is 0 Å². The van der Waals surface area contributed by atoms with Gasteiger partial charge < -0.3 is 4.55 Å². The molecule has 76 valence electrons. The van der Waals surface area contributed by atoms with E-state index in [1.165, 1.54) is 0 Å². The van der Waals surface area contributed by atoms with E-state index in [2.05, 4.69) is 10.2 Å². The van der Waals surface area contributed by atoms with Crippen molar-refractivity contribution in [2.75, 3.05) is 0 Å². The highest BCUT2D eigenvalue weighted by Crippen LogP contribution is 2.20. The Morgan fingerprint density at radius 1 is 1.46 bits per heavy atom. The largest absolute Gasteiger partial charge is 0.741 e. The summed E-state index contributed by atoms with van der Waals surface area (Å²) in [6, 6.07) is 0. The highest BCUT2D eigenvalue weighted by molar-refractivity contribution is 7.86. The number of H-pyrrole nitrogens is 1. The van der Waals surface area contributed by atoms with Crippen molar-refractivity contribution in [2.24, 2.45) is 0 Å². The summed E-state index contributed by atoms with van der Waals surface area (Å²) in [6.07, 6.45) is 0. The first-order valence-electron chi connectivity index (χ1n) is 2.51. The molecule has 0 saturated heterocycles. The van der Waals surface area contributed by atoms with Crippen LogP contribution in [0.2, 0.25) is 0 Å². The molecule has 0 atom stereocenters. The molecule has 1 rings (SSSR count). The zero-order valence-corrected chi connectivity index (χ0v) is 7.41. The Morgan fingerprint density at radius 3 is 2.00 bits per heavy atom. The number of hydrogen-bond donors (Lipinski definition) is 0. The van der Waals surface area contributed by atoms with Gasteiger partial charge in [0.05, 0.1) is 0 Å². The van der Waals surface area contributed by atoms with E-state index < -0.39 is 15.6 Å². The number of rotatable bonds is 0. The van der Waals surface area contributed by atoms with Crippen LogP contribution in [-0.2, 0) is 10.1 Å². The summed E-state index contributed by atoms with van der Waals surface area (Å²) in [5.74, 6) is 0. The van der Waals surface area contributed by atoms with Gasteiger partial charge in [-0.2, -0.15) is 13.2 Å². The number of nitrogens with zero attached hydrogens (tertiary/aromatic N) is 1. The van der Waals surface area contributed by atoms with E-state index >= 15 is 0 Å². The summed E-state index contributed by atoms with van der Waals surface area (Å²) < 4.78 is 58.9. The SMILES string of the molecule is O=S(=O)([O-])C(F)(F)F.c1n[nH+]cs1. The molecule has 13 heavy (non-hydrogen) atoms. The Labute approximate surface area is 75.0 Å². The maximum absolute atomic E-state index is 10.7. The molecule has 0 amide bonds. The van der Waals surface area contributed by atoms with E-state index in [1.807, 2.05) is 0 Å². The summed E-state index contributed by atoms with van der Waals surface area (Å²) in [7, 11) is -6.09. The van der Waals surface area contributed by atoms with Gasteiger partial charge in [0.1, 0.15) is 0 Å². The van der Waals surface area contributed by atoms with Crippen LogP contribution in [0, 0.1) is 0 Å². The Balaban J connectivity index is 0.000000243. The molecule has 0 aliphatic rings. The van der Waals surface area contributed by atoms with Crippen molar-refractivity contribution in [3.63, 3.8) is 0 Å². The molecule has 0 fully saturated rings. The predicted molar refractivity (Wildman–Crippen MR) is 34.4 cm³/mol. The van der Waals surface area contributed by atoms with Gasteiger partial charge in [0, 0.05) is 5.10 Å². The summed E-state index contributed by atoms with van der Waals surface area (Å²) in [5.41, 5.74) is -2.10. The molecule has 1 N–H and O–H groups in total. The first kappa shape index (κ1) is 12.3. The van der Waals surface area contributed by atoms with E-state index in [0.29, 0.717) is 0 Å².